The number of imide groups is 2. The molecule has 0 aromatic heterocycles. The van der Waals surface area contributed by atoms with Crippen LogP contribution in [0.5, 0.6) is 5.75 Å². The van der Waals surface area contributed by atoms with Crippen LogP contribution in [-0.4, -0.2) is 123 Å². The summed E-state index contributed by atoms with van der Waals surface area (Å²) in [6.45, 7) is 20.8. The molecule has 8 aromatic carbocycles. The maximum absolute atomic E-state index is 13.8. The molecule has 0 saturated carbocycles. The summed E-state index contributed by atoms with van der Waals surface area (Å²) in [5.74, 6) is -21.0. The molecule has 5 heterocycles. The number of nitrogens with one attached hydrogen (secondary N) is 1. The molecule has 2 bridgehead atoms. The number of esters is 1. The van der Waals surface area contributed by atoms with Gasteiger partial charge in [-0.15, -0.1) is 18.7 Å². The van der Waals surface area contributed by atoms with E-state index in [-0.39, 0.29) is 63.2 Å². The number of hydrogen-bond acceptors (Lipinski definition) is 23. The molecule has 2 N–H and O–H groups in total. The number of fused-ring (bicyclic) bond motifs is 6. The van der Waals surface area contributed by atoms with E-state index in [0.29, 0.717) is 33.9 Å². The molecule has 42 heteroatoms. The van der Waals surface area contributed by atoms with Crippen LogP contribution in [0.4, 0.5) is 66.9 Å². The predicted molar refractivity (Wildman–Crippen MR) is 438 cm³/mol. The molecular weight excluding hydrogens is 1830 g/mol. The Bertz CT molecular complexity index is 5700. The number of carbonyl (C=O) groups is 5. The fourth-order valence-electron chi connectivity index (χ4n) is 12.6. The van der Waals surface area contributed by atoms with Crippen molar-refractivity contribution in [1.82, 2.24) is 10.1 Å². The Labute approximate surface area is 708 Å². The SMILES string of the molecule is C.CCC(CC(C)C(=O)OC(C)(C)C)c1ccc(O)cc1.CCCS(=O)(=O)O/N=C1\SC=C\C1=C(\C#N)c1ccccc1C.Cc1ccc2c(c1)CN1CN2Cc2cc(C)ccc21.O=C1c2cccc3cccc(c23)C(=O)N1OS(=O)(=O)C(F)(F)C(F)(F)C(F)(F)C(F)(F)F.O=C1c2cccc3cccc(c23)C(=O)N1OS(=O)(=O)C(F)(F)F.[3H]I(F)N=N. The average molecular weight is 1910 g/mol. The number of oxime groups is 1. The van der Waals surface area contributed by atoms with Crippen LogP contribution in [0, 0.1) is 43.6 Å². The normalized spacial score (nSPS) is 15.9. The average Bonchev–Trinajstić information content (AvgIpc) is 0.868. The zero-order chi connectivity index (χ0) is 91.0. The number of hydrogen-bond donors (Lipinski definition) is 2. The molecule has 656 valence electrons. The molecule has 8 aromatic rings. The zero-order valence-corrected chi connectivity index (χ0v) is 70.3. The van der Waals surface area contributed by atoms with Crippen LogP contribution >= 0.6 is 33.6 Å². The van der Waals surface area contributed by atoms with Crippen molar-refractivity contribution in [2.75, 3.05) is 22.2 Å². The predicted octanol–water partition coefficient (Wildman–Crippen LogP) is 20.0. The standard InChI is InChI=1S/C17H18N2.C17H26O3.C16H6F9NO5S.C16H16N2O3S2.C13H6F3NO5S.CH4.FH2IN2/c1-12-3-5-16-14(7-12)9-18-11-19(16)10-15-8-13(2)4-6-17(15)18;1-6-13(14-7-9-15(18)10-8-14)11-12(2)16(19)20-17(3,4)5;17-13(18,15(21,22)23)14(19,20)16(24,25)32(29,30)31-26-11(27)8-5-1-3-7-4-2-6-9(10(7)8)12(26)28;1-3-10-23(19,20)21-18-16-14(8-9-22-16)15(11-17)13-7-5-4-6-12(13)2;14-13(15,16)23(20,21)22-17-11(18)8-5-1-3-7-4-2-6-9(10(7)8)12(17)19;;1-2-4-3/h3-8H,9-11H2,1-2H3;7-10,12-13,18H,6,11H2,1-5H3;1-6H;4-9H,3,10H2,1-2H3;1-6H;1H4;2-3H/b;;;15-14+,18-16-;;;/i;;;;;;2T. The number of ether oxygens (including phenoxy) is 1. The second-order valence-corrected chi connectivity index (χ2v) is 34.6. The van der Waals surface area contributed by atoms with Crippen LogP contribution in [0.25, 0.3) is 27.1 Å². The maximum atomic E-state index is 13.8. The molecule has 4 amide bonds. The van der Waals surface area contributed by atoms with Gasteiger partial charge in [0.15, 0.2) is 0 Å². The Morgan fingerprint density at radius 2 is 1.10 bits per heavy atom. The van der Waals surface area contributed by atoms with Gasteiger partial charge in [0.2, 0.25) is 0 Å². The van der Waals surface area contributed by atoms with Crippen molar-refractivity contribution in [2.45, 2.75) is 142 Å². The number of nitriles is 1. The third-order valence-electron chi connectivity index (χ3n) is 18.2. The number of carbonyl (C=O) groups excluding carboxylic acids is 5. The summed E-state index contributed by atoms with van der Waals surface area (Å²) in [7, 11) is -17.3. The Morgan fingerprint density at radius 3 is 1.49 bits per heavy atom. The summed E-state index contributed by atoms with van der Waals surface area (Å²) < 4.78 is 260. The first-order valence-electron chi connectivity index (χ1n) is 36.0. The number of amides is 4. The summed E-state index contributed by atoms with van der Waals surface area (Å²) >= 11 is -2.02. The molecule has 0 fully saturated rings. The number of rotatable bonds is 18. The second kappa shape index (κ2) is 39.3. The number of thioether (sulfide) groups is 1. The van der Waals surface area contributed by atoms with Gasteiger partial charge >= 0.3 is 99.3 Å². The van der Waals surface area contributed by atoms with Gasteiger partial charge < -0.3 is 19.6 Å². The Hall–Kier alpha value is -10.6. The van der Waals surface area contributed by atoms with Gasteiger partial charge in [-0.2, -0.15) is 83.2 Å². The van der Waals surface area contributed by atoms with Gasteiger partial charge in [-0.3, -0.25) is 28.3 Å². The molecule has 0 spiro atoms. The van der Waals surface area contributed by atoms with Crippen molar-refractivity contribution in [3.8, 4) is 11.8 Å². The second-order valence-electron chi connectivity index (χ2n) is 28.1. The van der Waals surface area contributed by atoms with Gasteiger partial charge in [0.05, 0.1) is 46.2 Å². The van der Waals surface area contributed by atoms with Gasteiger partial charge in [-0.25, -0.2) is 0 Å². The van der Waals surface area contributed by atoms with Gasteiger partial charge in [0.25, 0.3) is 23.6 Å². The van der Waals surface area contributed by atoms with Crippen LogP contribution < -0.4 is 9.80 Å². The van der Waals surface area contributed by atoms with E-state index in [1.54, 1.807) is 42.7 Å². The number of alkyl halides is 12. The minimum absolute atomic E-state index is 0. The minimum atomic E-state index is -7.59. The molecule has 5 aliphatic rings. The zero-order valence-electron chi connectivity index (χ0n) is 65.9. The van der Waals surface area contributed by atoms with E-state index in [1.807, 2.05) is 71.0 Å². The number of phenolic OH excluding ortho intramolecular Hbond substituents is 1. The molecule has 2 atom stereocenters. The van der Waals surface area contributed by atoms with E-state index >= 15 is 0 Å². The van der Waals surface area contributed by atoms with Crippen LogP contribution in [0.3, 0.4) is 0 Å². The van der Waals surface area contributed by atoms with Crippen LogP contribution in [0.15, 0.2) is 183 Å². The number of anilines is 2. The van der Waals surface area contributed by atoms with Gasteiger partial charge in [-0.05, 0) is 165 Å². The molecule has 5 aliphatic heterocycles. The Balaban J connectivity index is 0.000000210. The monoisotopic (exact) mass is 1910 g/mol. The van der Waals surface area contributed by atoms with Crippen molar-refractivity contribution in [1.29, 1.82) is 11.4 Å². The van der Waals surface area contributed by atoms with E-state index in [2.05, 4.69) is 90.1 Å². The number of aromatic hydroxyl groups is 1. The van der Waals surface area contributed by atoms with Crippen molar-refractivity contribution in [3.63, 3.8) is 0 Å². The third-order valence-corrected chi connectivity index (χ3v) is 22.5. The van der Waals surface area contributed by atoms with E-state index in [1.165, 1.54) is 93.9 Å². The molecule has 0 aliphatic carbocycles. The summed E-state index contributed by atoms with van der Waals surface area (Å²) in [6.07, 6.45) is -3.38. The molecule has 0 radical (unpaired) electrons. The van der Waals surface area contributed by atoms with Gasteiger partial charge in [0.1, 0.15) is 22.5 Å². The first kappa shape index (κ1) is 96.9. The Kier molecular flexibility index (Phi) is 31.2. The van der Waals surface area contributed by atoms with E-state index in [0.717, 1.165) is 61.4 Å². The van der Waals surface area contributed by atoms with Crippen molar-refractivity contribution in [2.24, 2.45) is 14.4 Å². The topological polar surface area (TPSA) is 330 Å². The Morgan fingerprint density at radius 1 is 0.656 bits per heavy atom. The first-order chi connectivity index (χ1) is 56.7. The quantitative estimate of drug-likeness (QED) is 0.0118. The van der Waals surface area contributed by atoms with Crippen LogP contribution in [0.2, 0.25) is 0 Å². The molecule has 2 unspecified atom stereocenters. The van der Waals surface area contributed by atoms with E-state index < -0.39 is 126 Å². The number of hydroxylamine groups is 4. The summed E-state index contributed by atoms with van der Waals surface area (Å²) in [5, 5.41) is 17.0. The molecule has 24 nitrogen and oxygen atoms in total. The number of nitrogens with zero attached hydrogens (tertiary/aromatic N) is 7. The van der Waals surface area contributed by atoms with E-state index in [4.69, 9.17) is 15.1 Å². The summed E-state index contributed by atoms with van der Waals surface area (Å²) in [4.78, 5) is 66.1. The molecular formula is C80H78F13IN8O16S4. The van der Waals surface area contributed by atoms with Crippen LogP contribution in [0.1, 0.15) is 155 Å². The van der Waals surface area contributed by atoms with Crippen molar-refractivity contribution < 1.29 is 127 Å². The number of benzene rings is 8. The summed E-state index contributed by atoms with van der Waals surface area (Å²) in [5.41, 5.74) is 10.6. The first-order valence-corrected chi connectivity index (χ1v) is 42.7. The van der Waals surface area contributed by atoms with Crippen LogP contribution in [-0.2, 0) is 65.8 Å². The molecule has 0 saturated heterocycles. The fraction of sp³-hybridized carbons (Fsp3) is 0.312. The number of halogens is 14. The molecule has 13 rings (SSSR count). The fourth-order valence-corrected chi connectivity index (χ4v) is 15.4. The van der Waals surface area contributed by atoms with E-state index in [9.17, 15) is 115 Å². The molecule has 122 heavy (non-hydrogen) atoms. The summed E-state index contributed by atoms with van der Waals surface area (Å²) in [6, 6.07) is 46.3. The number of phenols is 1. The number of aryl methyl sites for hydroxylation is 3. The van der Waals surface area contributed by atoms with Crippen molar-refractivity contribution in [3.05, 3.63) is 236 Å². The number of allylic oxidation sites excluding steroid dienone is 2. The third kappa shape index (κ3) is 22.1. The van der Waals surface area contributed by atoms with Gasteiger partial charge in [-0.1, -0.05) is 165 Å². The van der Waals surface area contributed by atoms with Gasteiger partial charge in [0, 0.05) is 40.8 Å². The van der Waals surface area contributed by atoms with Crippen molar-refractivity contribution >= 4 is 137 Å².